The van der Waals surface area contributed by atoms with E-state index in [1.807, 2.05) is 31.2 Å². The summed E-state index contributed by atoms with van der Waals surface area (Å²) < 4.78 is 10.0. The minimum Gasteiger partial charge on any atom is -0.450 e. The molecule has 3 N–H and O–H groups in total. The van der Waals surface area contributed by atoms with Crippen LogP contribution in [0.1, 0.15) is 13.8 Å². The first-order valence-corrected chi connectivity index (χ1v) is 9.54. The van der Waals surface area contributed by atoms with Gasteiger partial charge in [0.2, 0.25) is 0 Å². The quantitative estimate of drug-likeness (QED) is 0.558. The molecule has 0 aliphatic carbocycles. The van der Waals surface area contributed by atoms with Gasteiger partial charge in [0.25, 0.3) is 11.8 Å². The number of alkyl carbamates (subject to hydrolysis) is 1. The summed E-state index contributed by atoms with van der Waals surface area (Å²) in [6, 6.07) is 7.67. The van der Waals surface area contributed by atoms with Crippen LogP contribution in [0.4, 0.5) is 16.2 Å². The Kier molecular flexibility index (Phi) is 8.70. The van der Waals surface area contributed by atoms with Gasteiger partial charge >= 0.3 is 6.09 Å². The Bertz CT molecular complexity index is 659. The lowest BCUT2D eigenvalue weighted by Crippen LogP contribution is -3.14. The smallest absolute Gasteiger partial charge is 0.414 e. The summed E-state index contributed by atoms with van der Waals surface area (Å²) in [5, 5.41) is 4.98. The van der Waals surface area contributed by atoms with E-state index in [0.29, 0.717) is 12.2 Å². The van der Waals surface area contributed by atoms with Crippen LogP contribution in [0.3, 0.4) is 0 Å². The molecule has 0 spiro atoms. The van der Waals surface area contributed by atoms with Crippen molar-refractivity contribution in [1.29, 1.82) is 0 Å². The number of quaternary nitrogens is 1. The minimum absolute atomic E-state index is 0.0126. The number of anilines is 2. The standard InChI is InChI=1S/C19H28N4O5/c1-3-22(14-18(25)21-19(26)28-4-2)13-17(24)20-15-5-7-16(8-6-15)23-9-11-27-12-10-23/h5-8H,3-4,9-14H2,1-2H3,(H,20,24)(H,21,25,26)/p+1. The first kappa shape index (κ1) is 21.6. The molecule has 1 fully saturated rings. The third kappa shape index (κ3) is 7.16. The van der Waals surface area contributed by atoms with Gasteiger partial charge in [-0.15, -0.1) is 0 Å². The number of nitrogens with zero attached hydrogens (tertiary/aromatic N) is 1. The van der Waals surface area contributed by atoms with Crippen LogP contribution in [-0.2, 0) is 19.1 Å². The van der Waals surface area contributed by atoms with Crippen molar-refractivity contribution in [2.24, 2.45) is 0 Å². The monoisotopic (exact) mass is 393 g/mol. The van der Waals surface area contributed by atoms with Crippen molar-refractivity contribution >= 4 is 29.3 Å². The summed E-state index contributed by atoms with van der Waals surface area (Å²) in [5.74, 6) is -0.669. The average molecular weight is 393 g/mol. The van der Waals surface area contributed by atoms with Gasteiger partial charge in [-0.3, -0.25) is 14.9 Å². The summed E-state index contributed by atoms with van der Waals surface area (Å²) in [7, 11) is 0. The lowest BCUT2D eigenvalue weighted by molar-refractivity contribution is -0.881. The second-order valence-electron chi connectivity index (χ2n) is 6.42. The predicted octanol–water partition coefficient (Wildman–Crippen LogP) is -0.361. The topological polar surface area (TPSA) is 101 Å². The number of amides is 3. The number of rotatable bonds is 8. The van der Waals surface area contributed by atoms with E-state index < -0.39 is 12.0 Å². The number of hydrogen-bond acceptors (Lipinski definition) is 6. The summed E-state index contributed by atoms with van der Waals surface area (Å²) in [6.45, 7) is 7.58. The fourth-order valence-corrected chi connectivity index (χ4v) is 2.87. The summed E-state index contributed by atoms with van der Waals surface area (Å²) in [4.78, 5) is 38.4. The summed E-state index contributed by atoms with van der Waals surface area (Å²) in [6.07, 6.45) is -0.771. The SMILES string of the molecule is CCOC(=O)NC(=O)C[NH+](CC)CC(=O)Nc1ccc(N2CCOCC2)cc1. The molecule has 3 amide bonds. The molecule has 0 bridgehead atoms. The van der Waals surface area contributed by atoms with E-state index in [9.17, 15) is 14.4 Å². The highest BCUT2D eigenvalue weighted by Gasteiger charge is 2.19. The number of carbonyl (C=O) groups excluding carboxylic acids is 3. The molecule has 1 unspecified atom stereocenters. The Labute approximate surface area is 165 Å². The van der Waals surface area contributed by atoms with Crippen LogP contribution in [0.15, 0.2) is 24.3 Å². The molecule has 0 radical (unpaired) electrons. The second-order valence-corrected chi connectivity index (χ2v) is 6.42. The van der Waals surface area contributed by atoms with Crippen molar-refractivity contribution < 1.29 is 28.8 Å². The van der Waals surface area contributed by atoms with Crippen LogP contribution in [0.2, 0.25) is 0 Å². The summed E-state index contributed by atoms with van der Waals surface area (Å²) in [5.41, 5.74) is 1.80. The van der Waals surface area contributed by atoms with Crippen molar-refractivity contribution in [3.63, 3.8) is 0 Å². The van der Waals surface area contributed by atoms with Crippen molar-refractivity contribution in [2.75, 3.05) is 62.8 Å². The first-order valence-electron chi connectivity index (χ1n) is 9.54. The zero-order chi connectivity index (χ0) is 20.4. The Hall–Kier alpha value is -2.65. The predicted molar refractivity (Wildman–Crippen MR) is 105 cm³/mol. The van der Waals surface area contributed by atoms with Crippen molar-refractivity contribution in [2.45, 2.75) is 13.8 Å². The molecule has 1 atom stereocenters. The largest absolute Gasteiger partial charge is 0.450 e. The Morgan fingerprint density at radius 2 is 1.71 bits per heavy atom. The van der Waals surface area contributed by atoms with Crippen LogP contribution in [0.5, 0.6) is 0 Å². The number of hydrogen-bond donors (Lipinski definition) is 3. The number of morpholine rings is 1. The van der Waals surface area contributed by atoms with Crippen molar-refractivity contribution in [1.82, 2.24) is 5.32 Å². The highest BCUT2D eigenvalue weighted by molar-refractivity contribution is 5.93. The maximum atomic E-state index is 12.3. The van der Waals surface area contributed by atoms with Gasteiger partial charge in [-0.2, -0.15) is 0 Å². The van der Waals surface area contributed by atoms with Gasteiger partial charge < -0.3 is 24.6 Å². The van der Waals surface area contributed by atoms with Gasteiger partial charge in [0.1, 0.15) is 0 Å². The molecule has 154 valence electrons. The molecule has 1 saturated heterocycles. The molecule has 2 rings (SSSR count). The Morgan fingerprint density at radius 3 is 2.32 bits per heavy atom. The highest BCUT2D eigenvalue weighted by atomic mass is 16.5. The van der Waals surface area contributed by atoms with E-state index >= 15 is 0 Å². The van der Waals surface area contributed by atoms with Crippen LogP contribution in [0.25, 0.3) is 0 Å². The fraction of sp³-hybridized carbons (Fsp3) is 0.526. The number of imide groups is 1. The van der Waals surface area contributed by atoms with Crippen molar-refractivity contribution in [3.05, 3.63) is 24.3 Å². The molecule has 1 aliphatic heterocycles. The van der Waals surface area contributed by atoms with E-state index in [2.05, 4.69) is 20.3 Å². The molecule has 9 heteroatoms. The number of ether oxygens (including phenoxy) is 2. The van der Waals surface area contributed by atoms with Gasteiger partial charge in [-0.1, -0.05) is 0 Å². The molecule has 1 aromatic rings. The number of carbonyl (C=O) groups is 3. The zero-order valence-electron chi connectivity index (χ0n) is 16.5. The molecule has 9 nitrogen and oxygen atoms in total. The third-order valence-corrected chi connectivity index (χ3v) is 4.37. The van der Waals surface area contributed by atoms with Gasteiger partial charge in [-0.25, -0.2) is 4.79 Å². The van der Waals surface area contributed by atoms with Gasteiger partial charge in [0.05, 0.1) is 26.4 Å². The maximum absolute atomic E-state index is 12.3. The lowest BCUT2D eigenvalue weighted by atomic mass is 10.2. The second kappa shape index (κ2) is 11.3. The normalized spacial score (nSPS) is 14.9. The molecule has 1 aliphatic rings. The van der Waals surface area contributed by atoms with Gasteiger partial charge in [0, 0.05) is 24.5 Å². The van der Waals surface area contributed by atoms with Crippen LogP contribution in [-0.4, -0.2) is 70.5 Å². The first-order chi connectivity index (χ1) is 13.5. The molecule has 1 aromatic carbocycles. The minimum atomic E-state index is -0.771. The molecule has 0 aromatic heterocycles. The van der Waals surface area contributed by atoms with E-state index in [0.717, 1.165) is 36.9 Å². The molecule has 28 heavy (non-hydrogen) atoms. The maximum Gasteiger partial charge on any atom is 0.414 e. The average Bonchev–Trinajstić information content (AvgIpc) is 2.68. The van der Waals surface area contributed by atoms with Gasteiger partial charge in [-0.05, 0) is 38.1 Å². The number of nitrogens with one attached hydrogen (secondary N) is 3. The number of benzene rings is 1. The lowest BCUT2D eigenvalue weighted by Gasteiger charge is -2.28. The van der Waals surface area contributed by atoms with Crippen molar-refractivity contribution in [3.8, 4) is 0 Å². The molecule has 0 saturated carbocycles. The Morgan fingerprint density at radius 1 is 1.07 bits per heavy atom. The Balaban J connectivity index is 1.80. The highest BCUT2D eigenvalue weighted by Crippen LogP contribution is 2.18. The van der Waals surface area contributed by atoms with Gasteiger partial charge in [0.15, 0.2) is 13.1 Å². The van der Waals surface area contributed by atoms with Crippen LogP contribution < -0.4 is 20.4 Å². The molecule has 1 heterocycles. The molecular weight excluding hydrogens is 364 g/mol. The third-order valence-electron chi connectivity index (χ3n) is 4.37. The van der Waals surface area contributed by atoms with E-state index in [4.69, 9.17) is 4.74 Å². The number of likely N-dealkylation sites (N-methyl/N-ethyl adjacent to an activating group) is 1. The molecular formula is C19H29N4O5+. The fourth-order valence-electron chi connectivity index (χ4n) is 2.87. The van der Waals surface area contributed by atoms with Crippen LogP contribution >= 0.6 is 0 Å². The van der Waals surface area contributed by atoms with E-state index in [-0.39, 0.29) is 25.6 Å². The van der Waals surface area contributed by atoms with Crippen LogP contribution in [0, 0.1) is 0 Å². The van der Waals surface area contributed by atoms with E-state index in [1.54, 1.807) is 6.92 Å². The van der Waals surface area contributed by atoms with E-state index in [1.165, 1.54) is 0 Å². The zero-order valence-corrected chi connectivity index (χ0v) is 16.5. The summed E-state index contributed by atoms with van der Waals surface area (Å²) >= 11 is 0.